The summed E-state index contributed by atoms with van der Waals surface area (Å²) in [4.78, 5) is 13.6. The van der Waals surface area contributed by atoms with Gasteiger partial charge in [-0.2, -0.15) is 0 Å². The van der Waals surface area contributed by atoms with E-state index >= 15 is 0 Å². The Labute approximate surface area is 122 Å². The van der Waals surface area contributed by atoms with Gasteiger partial charge in [0.1, 0.15) is 6.61 Å². The van der Waals surface area contributed by atoms with E-state index in [1.807, 2.05) is 33.9 Å². The molecule has 0 bridgehead atoms. The van der Waals surface area contributed by atoms with E-state index < -0.39 is 0 Å². The summed E-state index contributed by atoms with van der Waals surface area (Å²) in [6, 6.07) is 10.5. The van der Waals surface area contributed by atoms with E-state index in [2.05, 4.69) is 24.3 Å². The fourth-order valence-corrected chi connectivity index (χ4v) is 1.84. The average molecular weight is 277 g/mol. The second-order valence-electron chi connectivity index (χ2n) is 6.16. The third-order valence-electron chi connectivity index (χ3n) is 3.11. The maximum atomic E-state index is 11.9. The number of likely N-dealkylation sites (N-methyl/N-ethyl adjacent to an activating group) is 1. The molecule has 0 saturated heterocycles. The predicted octanol–water partition coefficient (Wildman–Crippen LogP) is 3.28. The molecular formula is C17H27NO2. The lowest BCUT2D eigenvalue weighted by Gasteiger charge is -2.22. The molecule has 3 heteroatoms. The number of carbonyl (C=O) groups excluding carboxylic acids is 1. The topological polar surface area (TPSA) is 29.5 Å². The summed E-state index contributed by atoms with van der Waals surface area (Å²) in [6.07, 6.45) is 3.19. The third-order valence-corrected chi connectivity index (χ3v) is 3.11. The first-order chi connectivity index (χ1) is 9.38. The van der Waals surface area contributed by atoms with Gasteiger partial charge in [0.25, 0.3) is 0 Å². The highest BCUT2D eigenvalue weighted by Crippen LogP contribution is 2.08. The van der Waals surface area contributed by atoms with Crippen LogP contribution in [0.25, 0.3) is 0 Å². The van der Waals surface area contributed by atoms with E-state index in [0.717, 1.165) is 25.8 Å². The van der Waals surface area contributed by atoms with Crippen LogP contribution in [0.1, 0.15) is 39.2 Å². The first-order valence-electron chi connectivity index (χ1n) is 7.30. The van der Waals surface area contributed by atoms with Crippen molar-refractivity contribution in [1.82, 2.24) is 4.90 Å². The van der Waals surface area contributed by atoms with Crippen LogP contribution in [0.3, 0.4) is 0 Å². The Bertz CT molecular complexity index is 395. The van der Waals surface area contributed by atoms with Crippen LogP contribution in [0, 0.1) is 0 Å². The highest BCUT2D eigenvalue weighted by molar-refractivity contribution is 5.77. The van der Waals surface area contributed by atoms with Crippen LogP contribution in [0.15, 0.2) is 30.3 Å². The van der Waals surface area contributed by atoms with Gasteiger partial charge in [-0.05, 0) is 45.6 Å². The molecule has 0 aromatic heterocycles. The number of unbranched alkanes of at least 4 members (excludes halogenated alkanes) is 1. The standard InChI is InChI=1S/C17H27NO2/c1-17(2,3)20-14-16(19)18(4)13-9-8-12-15-10-6-5-7-11-15/h5-7,10-11H,8-9,12-14H2,1-4H3. The molecule has 0 N–H and O–H groups in total. The van der Waals surface area contributed by atoms with E-state index in [9.17, 15) is 4.79 Å². The van der Waals surface area contributed by atoms with Gasteiger partial charge in [0.2, 0.25) is 5.91 Å². The van der Waals surface area contributed by atoms with Crippen LogP contribution in [-0.2, 0) is 16.0 Å². The van der Waals surface area contributed by atoms with Crippen LogP contribution < -0.4 is 0 Å². The Morgan fingerprint density at radius 2 is 1.80 bits per heavy atom. The predicted molar refractivity (Wildman–Crippen MR) is 82.7 cm³/mol. The molecule has 0 atom stereocenters. The van der Waals surface area contributed by atoms with Crippen molar-refractivity contribution in [3.63, 3.8) is 0 Å². The minimum Gasteiger partial charge on any atom is -0.366 e. The van der Waals surface area contributed by atoms with Gasteiger partial charge in [0.05, 0.1) is 5.60 Å². The molecule has 1 rings (SSSR count). The fraction of sp³-hybridized carbons (Fsp3) is 0.588. The summed E-state index contributed by atoms with van der Waals surface area (Å²) < 4.78 is 5.50. The van der Waals surface area contributed by atoms with E-state index in [4.69, 9.17) is 4.74 Å². The summed E-state index contributed by atoms with van der Waals surface area (Å²) in [7, 11) is 1.84. The number of aryl methyl sites for hydroxylation is 1. The molecule has 0 heterocycles. The van der Waals surface area contributed by atoms with Gasteiger partial charge in [0.15, 0.2) is 0 Å². The zero-order chi connectivity index (χ0) is 15.0. The van der Waals surface area contributed by atoms with Crippen molar-refractivity contribution in [1.29, 1.82) is 0 Å². The van der Waals surface area contributed by atoms with Crippen LogP contribution in [0.4, 0.5) is 0 Å². The van der Waals surface area contributed by atoms with Gasteiger partial charge in [-0.3, -0.25) is 4.79 Å². The monoisotopic (exact) mass is 277 g/mol. The number of hydrogen-bond donors (Lipinski definition) is 0. The molecule has 112 valence electrons. The van der Waals surface area contributed by atoms with Crippen LogP contribution in [-0.4, -0.2) is 36.6 Å². The molecular weight excluding hydrogens is 250 g/mol. The van der Waals surface area contributed by atoms with Crippen molar-refractivity contribution in [2.45, 2.75) is 45.6 Å². The van der Waals surface area contributed by atoms with Crippen molar-refractivity contribution in [3.05, 3.63) is 35.9 Å². The summed E-state index contributed by atoms with van der Waals surface area (Å²) in [6.45, 7) is 6.83. The molecule has 1 aromatic carbocycles. The van der Waals surface area contributed by atoms with Crippen LogP contribution in [0.5, 0.6) is 0 Å². The first kappa shape index (κ1) is 16.7. The number of ether oxygens (including phenoxy) is 1. The first-order valence-corrected chi connectivity index (χ1v) is 7.30. The van der Waals surface area contributed by atoms with E-state index in [1.165, 1.54) is 5.56 Å². The van der Waals surface area contributed by atoms with Crippen molar-refractivity contribution in [2.75, 3.05) is 20.2 Å². The summed E-state index contributed by atoms with van der Waals surface area (Å²) in [5, 5.41) is 0. The molecule has 0 saturated carbocycles. The summed E-state index contributed by atoms with van der Waals surface area (Å²) >= 11 is 0. The average Bonchev–Trinajstić information content (AvgIpc) is 2.41. The Kier molecular flexibility index (Phi) is 6.73. The number of amides is 1. The molecule has 1 aromatic rings. The molecule has 20 heavy (non-hydrogen) atoms. The Morgan fingerprint density at radius 1 is 1.15 bits per heavy atom. The maximum Gasteiger partial charge on any atom is 0.248 e. The van der Waals surface area contributed by atoms with Crippen LogP contribution >= 0.6 is 0 Å². The van der Waals surface area contributed by atoms with Gasteiger partial charge >= 0.3 is 0 Å². The van der Waals surface area contributed by atoms with Crippen molar-refractivity contribution in [2.24, 2.45) is 0 Å². The van der Waals surface area contributed by atoms with E-state index in [1.54, 1.807) is 4.90 Å². The van der Waals surface area contributed by atoms with Gasteiger partial charge in [-0.25, -0.2) is 0 Å². The maximum absolute atomic E-state index is 11.9. The minimum absolute atomic E-state index is 0.0552. The van der Waals surface area contributed by atoms with E-state index in [-0.39, 0.29) is 18.1 Å². The highest BCUT2D eigenvalue weighted by atomic mass is 16.5. The second kappa shape index (κ2) is 8.05. The van der Waals surface area contributed by atoms with Crippen molar-refractivity contribution in [3.8, 4) is 0 Å². The fourth-order valence-electron chi connectivity index (χ4n) is 1.84. The molecule has 0 aliphatic rings. The third kappa shape index (κ3) is 7.29. The molecule has 0 fully saturated rings. The number of rotatable bonds is 7. The second-order valence-corrected chi connectivity index (χ2v) is 6.16. The van der Waals surface area contributed by atoms with Gasteiger partial charge in [0, 0.05) is 13.6 Å². The van der Waals surface area contributed by atoms with Gasteiger partial charge in [-0.15, -0.1) is 0 Å². The quantitative estimate of drug-likeness (QED) is 0.716. The number of hydrogen-bond acceptors (Lipinski definition) is 2. The largest absolute Gasteiger partial charge is 0.366 e. The molecule has 0 aliphatic carbocycles. The van der Waals surface area contributed by atoms with Crippen molar-refractivity contribution >= 4 is 5.91 Å². The summed E-state index contributed by atoms with van der Waals surface area (Å²) in [5.74, 6) is 0.0552. The lowest BCUT2D eigenvalue weighted by Crippen LogP contribution is -2.34. The molecule has 1 amide bonds. The number of nitrogens with zero attached hydrogens (tertiary/aromatic N) is 1. The zero-order valence-electron chi connectivity index (χ0n) is 13.2. The van der Waals surface area contributed by atoms with E-state index in [0.29, 0.717) is 0 Å². The Hall–Kier alpha value is -1.35. The molecule has 0 spiro atoms. The summed E-state index contributed by atoms with van der Waals surface area (Å²) in [5.41, 5.74) is 1.10. The minimum atomic E-state index is -0.260. The molecule has 0 radical (unpaired) electrons. The number of carbonyl (C=O) groups is 1. The Balaban J connectivity index is 2.16. The van der Waals surface area contributed by atoms with Crippen LogP contribution in [0.2, 0.25) is 0 Å². The van der Waals surface area contributed by atoms with Crippen molar-refractivity contribution < 1.29 is 9.53 Å². The zero-order valence-corrected chi connectivity index (χ0v) is 13.2. The molecule has 0 aliphatic heterocycles. The normalized spacial score (nSPS) is 11.4. The molecule has 3 nitrogen and oxygen atoms in total. The van der Waals surface area contributed by atoms with Gasteiger partial charge < -0.3 is 9.64 Å². The highest BCUT2D eigenvalue weighted by Gasteiger charge is 2.15. The molecule has 0 unspecified atom stereocenters. The van der Waals surface area contributed by atoms with Gasteiger partial charge in [-0.1, -0.05) is 30.3 Å². The smallest absolute Gasteiger partial charge is 0.248 e. The Morgan fingerprint density at radius 3 is 2.40 bits per heavy atom. The number of benzene rings is 1. The lowest BCUT2D eigenvalue weighted by atomic mass is 10.1. The lowest BCUT2D eigenvalue weighted by molar-refractivity contribution is -0.139. The SMILES string of the molecule is CN(CCCCc1ccccc1)C(=O)COC(C)(C)C.